The van der Waals surface area contributed by atoms with E-state index in [1.165, 1.54) is 11.8 Å². The number of pyridine rings is 1. The molecule has 1 aliphatic rings. The molecule has 0 unspecified atom stereocenters. The van der Waals surface area contributed by atoms with E-state index in [1.54, 1.807) is 48.5 Å². The van der Waals surface area contributed by atoms with Crippen LogP contribution in [-0.4, -0.2) is 31.3 Å². The normalized spacial score (nSPS) is 15.1. The SMILES string of the molecule is CC(=O)N1/C(=C/c2ccc3cc(CNS(C)(=O)=O)ccc3n2)C(=O)c2ccccc21. The number of aromatic nitrogens is 1. The predicted octanol–water partition coefficient (Wildman–Crippen LogP) is 2.87. The molecule has 7 nitrogen and oxygen atoms in total. The summed E-state index contributed by atoms with van der Waals surface area (Å²) >= 11 is 0. The monoisotopic (exact) mass is 421 g/mol. The third-order valence-corrected chi connectivity index (χ3v) is 5.44. The summed E-state index contributed by atoms with van der Waals surface area (Å²) in [6, 6.07) is 16.1. The van der Waals surface area contributed by atoms with E-state index in [1.807, 2.05) is 12.1 Å². The average molecular weight is 421 g/mol. The fourth-order valence-electron chi connectivity index (χ4n) is 3.43. The highest BCUT2D eigenvalue weighted by atomic mass is 32.2. The summed E-state index contributed by atoms with van der Waals surface area (Å²) in [5.41, 5.74) is 3.39. The van der Waals surface area contributed by atoms with Crippen LogP contribution in [0.3, 0.4) is 0 Å². The van der Waals surface area contributed by atoms with Crippen LogP contribution in [-0.2, 0) is 21.4 Å². The lowest BCUT2D eigenvalue weighted by Gasteiger charge is -2.15. The zero-order chi connectivity index (χ0) is 21.5. The van der Waals surface area contributed by atoms with Gasteiger partial charge in [-0.25, -0.2) is 18.1 Å². The Balaban J connectivity index is 1.69. The first-order chi connectivity index (χ1) is 14.2. The second-order valence-electron chi connectivity index (χ2n) is 7.09. The van der Waals surface area contributed by atoms with Gasteiger partial charge >= 0.3 is 0 Å². The molecular weight excluding hydrogens is 402 g/mol. The number of rotatable bonds is 4. The molecule has 2 aromatic carbocycles. The van der Waals surface area contributed by atoms with Crippen molar-refractivity contribution in [3.05, 3.63) is 77.1 Å². The van der Waals surface area contributed by atoms with Gasteiger partial charge in [0.25, 0.3) is 0 Å². The molecule has 1 N–H and O–H groups in total. The summed E-state index contributed by atoms with van der Waals surface area (Å²) in [6.07, 6.45) is 2.73. The fourth-order valence-corrected chi connectivity index (χ4v) is 3.86. The predicted molar refractivity (Wildman–Crippen MR) is 115 cm³/mol. The lowest BCUT2D eigenvalue weighted by atomic mass is 10.1. The molecule has 3 aromatic rings. The Labute approximate surface area is 174 Å². The molecule has 1 amide bonds. The minimum atomic E-state index is -3.27. The van der Waals surface area contributed by atoms with Crippen LogP contribution in [0.2, 0.25) is 0 Å². The van der Waals surface area contributed by atoms with Crippen molar-refractivity contribution < 1.29 is 18.0 Å². The van der Waals surface area contributed by atoms with Gasteiger partial charge in [0.1, 0.15) is 0 Å². The van der Waals surface area contributed by atoms with Gasteiger partial charge < -0.3 is 0 Å². The average Bonchev–Trinajstić information content (AvgIpc) is 2.98. The smallest absolute Gasteiger partial charge is 0.228 e. The summed E-state index contributed by atoms with van der Waals surface area (Å²) in [5, 5.41) is 0.842. The summed E-state index contributed by atoms with van der Waals surface area (Å²) < 4.78 is 25.0. The second kappa shape index (κ2) is 7.47. The number of Topliss-reactive ketones (excluding diaryl/α,β-unsaturated/α-hetero) is 1. The Morgan fingerprint density at radius 2 is 1.90 bits per heavy atom. The number of carbonyl (C=O) groups excluding carboxylic acids is 2. The zero-order valence-corrected chi connectivity index (χ0v) is 17.2. The molecule has 1 aliphatic heterocycles. The lowest BCUT2D eigenvalue weighted by molar-refractivity contribution is -0.116. The lowest BCUT2D eigenvalue weighted by Crippen LogP contribution is -2.25. The summed E-state index contributed by atoms with van der Waals surface area (Å²) in [7, 11) is -3.27. The van der Waals surface area contributed by atoms with Gasteiger partial charge in [-0.1, -0.05) is 24.3 Å². The van der Waals surface area contributed by atoms with Crippen LogP contribution >= 0.6 is 0 Å². The Morgan fingerprint density at radius 1 is 1.13 bits per heavy atom. The van der Waals surface area contributed by atoms with E-state index < -0.39 is 10.0 Å². The largest absolute Gasteiger partial charge is 0.287 e. The molecule has 152 valence electrons. The van der Waals surface area contributed by atoms with Gasteiger partial charge in [-0.05, 0) is 42.0 Å². The van der Waals surface area contributed by atoms with Gasteiger partial charge in [0.05, 0.1) is 28.9 Å². The number of nitrogens with zero attached hydrogens (tertiary/aromatic N) is 2. The topological polar surface area (TPSA) is 96.4 Å². The molecule has 4 rings (SSSR count). The summed E-state index contributed by atoms with van der Waals surface area (Å²) in [6.45, 7) is 1.62. The Bertz CT molecular complexity index is 1330. The molecular formula is C22H19N3O4S. The number of benzene rings is 2. The van der Waals surface area contributed by atoms with Crippen molar-refractivity contribution in [1.82, 2.24) is 9.71 Å². The highest BCUT2D eigenvalue weighted by Gasteiger charge is 2.34. The van der Waals surface area contributed by atoms with E-state index in [4.69, 9.17) is 0 Å². The van der Waals surface area contributed by atoms with Crippen molar-refractivity contribution in [2.24, 2.45) is 0 Å². The number of fused-ring (bicyclic) bond motifs is 2. The maximum atomic E-state index is 12.8. The minimum absolute atomic E-state index is 0.195. The maximum absolute atomic E-state index is 12.8. The zero-order valence-electron chi connectivity index (χ0n) is 16.4. The van der Waals surface area contributed by atoms with Crippen molar-refractivity contribution in [2.75, 3.05) is 11.2 Å². The van der Waals surface area contributed by atoms with E-state index in [0.717, 1.165) is 17.2 Å². The van der Waals surface area contributed by atoms with Gasteiger partial charge in [-0.2, -0.15) is 0 Å². The number of ketones is 1. The number of para-hydroxylation sites is 1. The molecule has 1 aromatic heterocycles. The van der Waals surface area contributed by atoms with Crippen molar-refractivity contribution in [3.8, 4) is 0 Å². The molecule has 0 spiro atoms. The highest BCUT2D eigenvalue weighted by Crippen LogP contribution is 2.35. The van der Waals surface area contributed by atoms with Crippen LogP contribution in [0.5, 0.6) is 0 Å². The van der Waals surface area contributed by atoms with Gasteiger partial charge in [-0.3, -0.25) is 14.5 Å². The molecule has 0 radical (unpaired) electrons. The standard InChI is InChI=1S/C22H19N3O4S/c1-14(26)25-20-6-4-3-5-18(20)22(27)21(25)12-17-9-8-16-11-15(7-10-19(16)24-17)13-23-30(2,28)29/h3-12,23H,13H2,1-2H3/b21-12+. The van der Waals surface area contributed by atoms with Crippen LogP contribution in [0, 0.1) is 0 Å². The quantitative estimate of drug-likeness (QED) is 0.654. The number of sulfonamides is 1. The van der Waals surface area contributed by atoms with E-state index in [9.17, 15) is 18.0 Å². The number of anilines is 1. The number of allylic oxidation sites excluding steroid dienone is 1. The van der Waals surface area contributed by atoms with E-state index in [0.29, 0.717) is 22.5 Å². The van der Waals surface area contributed by atoms with Gasteiger partial charge in [0.15, 0.2) is 0 Å². The van der Waals surface area contributed by atoms with Gasteiger partial charge in [0, 0.05) is 24.4 Å². The first-order valence-corrected chi connectivity index (χ1v) is 11.1. The summed E-state index contributed by atoms with van der Waals surface area (Å²) in [4.78, 5) is 31.0. The van der Waals surface area contributed by atoms with Crippen molar-refractivity contribution in [2.45, 2.75) is 13.5 Å². The number of hydrogen-bond donors (Lipinski definition) is 1. The maximum Gasteiger partial charge on any atom is 0.228 e. The minimum Gasteiger partial charge on any atom is -0.287 e. The molecule has 0 aliphatic carbocycles. The number of nitrogens with one attached hydrogen (secondary N) is 1. The van der Waals surface area contributed by atoms with E-state index >= 15 is 0 Å². The first-order valence-electron chi connectivity index (χ1n) is 9.23. The Hall–Kier alpha value is -3.36. The van der Waals surface area contributed by atoms with Gasteiger partial charge in [-0.15, -0.1) is 0 Å². The fraction of sp³-hybridized carbons (Fsp3) is 0.136. The molecule has 0 bridgehead atoms. The number of hydrogen-bond acceptors (Lipinski definition) is 5. The van der Waals surface area contributed by atoms with Crippen LogP contribution in [0.25, 0.3) is 17.0 Å². The molecule has 0 atom stereocenters. The van der Waals surface area contributed by atoms with Crippen LogP contribution < -0.4 is 9.62 Å². The van der Waals surface area contributed by atoms with Crippen molar-refractivity contribution >= 4 is 44.4 Å². The van der Waals surface area contributed by atoms with E-state index in [2.05, 4.69) is 9.71 Å². The highest BCUT2D eigenvalue weighted by molar-refractivity contribution is 7.88. The Kier molecular flexibility index (Phi) is 4.97. The number of amides is 1. The van der Waals surface area contributed by atoms with Crippen molar-refractivity contribution in [3.63, 3.8) is 0 Å². The number of carbonyl (C=O) groups is 2. The van der Waals surface area contributed by atoms with Crippen LogP contribution in [0.15, 0.2) is 60.3 Å². The Morgan fingerprint density at radius 3 is 2.63 bits per heavy atom. The molecule has 30 heavy (non-hydrogen) atoms. The van der Waals surface area contributed by atoms with Crippen LogP contribution in [0.1, 0.15) is 28.5 Å². The van der Waals surface area contributed by atoms with Crippen molar-refractivity contribution in [1.29, 1.82) is 0 Å². The molecule has 8 heteroatoms. The first kappa shape index (κ1) is 19.9. The molecule has 0 saturated heterocycles. The molecule has 2 heterocycles. The molecule has 0 fully saturated rings. The third-order valence-electron chi connectivity index (χ3n) is 4.78. The van der Waals surface area contributed by atoms with E-state index in [-0.39, 0.29) is 23.9 Å². The molecule has 0 saturated carbocycles. The van der Waals surface area contributed by atoms with Gasteiger partial charge in [0.2, 0.25) is 21.7 Å². The van der Waals surface area contributed by atoms with Crippen LogP contribution in [0.4, 0.5) is 5.69 Å². The second-order valence-corrected chi connectivity index (χ2v) is 8.92. The third kappa shape index (κ3) is 3.87. The summed E-state index contributed by atoms with van der Waals surface area (Å²) in [5.74, 6) is -0.465.